The van der Waals surface area contributed by atoms with Crippen molar-refractivity contribution in [2.75, 3.05) is 6.61 Å². The minimum absolute atomic E-state index is 0.200. The van der Waals surface area contributed by atoms with Gasteiger partial charge in [-0.05, 0) is 102 Å². The number of phenolic OH excluding ortho intramolecular Hbond substituents is 7. The van der Waals surface area contributed by atoms with Crippen LogP contribution < -0.4 is 4.74 Å². The highest BCUT2D eigenvalue weighted by molar-refractivity contribution is 6.04. The molecular weight excluding hydrogens is 820 g/mol. The number of benzene rings is 4. The van der Waals surface area contributed by atoms with Crippen molar-refractivity contribution in [1.82, 2.24) is 0 Å². The van der Waals surface area contributed by atoms with Crippen LogP contribution in [0.4, 0.5) is 0 Å². The lowest BCUT2D eigenvalue weighted by Gasteiger charge is -2.16. The van der Waals surface area contributed by atoms with Gasteiger partial charge in [0.05, 0.1) is 23.7 Å². The molecule has 0 saturated heterocycles. The van der Waals surface area contributed by atoms with E-state index in [9.17, 15) is 80.5 Å². The number of aliphatic hydroxyl groups is 6. The van der Waals surface area contributed by atoms with Crippen LogP contribution in [-0.4, -0.2) is 119 Å². The predicted molar refractivity (Wildman–Crippen MR) is 217 cm³/mol. The Hall–Kier alpha value is -7.52. The Morgan fingerprint density at radius 3 is 1.56 bits per heavy atom. The van der Waals surface area contributed by atoms with Gasteiger partial charge in [0.1, 0.15) is 0 Å². The summed E-state index contributed by atoms with van der Waals surface area (Å²) in [4.78, 5) is 48.4. The molecule has 0 aromatic heterocycles. The maximum atomic E-state index is 13.0. The topological polar surface area (TPSA) is 361 Å². The zero-order valence-corrected chi connectivity index (χ0v) is 32.4. The van der Waals surface area contributed by atoms with Gasteiger partial charge in [0.15, 0.2) is 57.6 Å². The van der Waals surface area contributed by atoms with Gasteiger partial charge in [0.2, 0.25) is 11.6 Å². The normalized spacial score (nSPS) is 12.8. The fraction of sp³-hybridized carbons (Fsp3) is 0.163. The summed E-state index contributed by atoms with van der Waals surface area (Å²) < 4.78 is 5.25. The molecule has 0 fully saturated rings. The van der Waals surface area contributed by atoms with E-state index in [4.69, 9.17) is 14.9 Å². The Bertz CT molecular complexity index is 2420. The monoisotopic (exact) mass is 862 g/mol. The molecule has 0 heterocycles. The third-order valence-corrected chi connectivity index (χ3v) is 8.26. The fourth-order valence-electron chi connectivity index (χ4n) is 4.98. The number of carboxylic acid groups (broad SMARTS) is 1. The SMILES string of the molecule is CC(O)(O)C(=Cc1ccc(O)c(O)c1)C(=O)O.O=C(C=Cc1ccc(O)c(OC(=O)C(=Cc2ccc(O)c(O)c2)C(O)CCO)c1)CC(O)(O)C(=O)C=Cc1ccc(O)c(O)c1. The molecule has 0 aliphatic heterocycles. The first-order valence-corrected chi connectivity index (χ1v) is 17.8. The van der Waals surface area contributed by atoms with E-state index in [0.717, 1.165) is 85.8 Å². The van der Waals surface area contributed by atoms with Crippen LogP contribution in [0.5, 0.6) is 46.0 Å². The van der Waals surface area contributed by atoms with Gasteiger partial charge >= 0.3 is 11.9 Å². The van der Waals surface area contributed by atoms with Crippen LogP contribution in [0.3, 0.4) is 0 Å². The van der Waals surface area contributed by atoms with Crippen LogP contribution >= 0.6 is 0 Å². The second-order valence-corrected chi connectivity index (χ2v) is 13.4. The van der Waals surface area contributed by atoms with Crippen LogP contribution in [0.2, 0.25) is 0 Å². The maximum Gasteiger partial charge on any atom is 0.342 e. The van der Waals surface area contributed by atoms with E-state index < -0.39 is 88.5 Å². The molecule has 19 heteroatoms. The number of aliphatic carboxylic acids is 1. The quantitative estimate of drug-likeness (QED) is 0.0252. The summed E-state index contributed by atoms with van der Waals surface area (Å²) in [5, 5.41) is 134. The minimum Gasteiger partial charge on any atom is -0.504 e. The Morgan fingerprint density at radius 2 is 1.08 bits per heavy atom. The van der Waals surface area contributed by atoms with E-state index in [1.807, 2.05) is 0 Å². The van der Waals surface area contributed by atoms with Gasteiger partial charge in [0.25, 0.3) is 0 Å². The average molecular weight is 863 g/mol. The fourth-order valence-corrected chi connectivity index (χ4v) is 4.98. The molecule has 0 radical (unpaired) electrons. The highest BCUT2D eigenvalue weighted by atomic mass is 16.5. The molecule has 4 rings (SSSR count). The molecule has 4 aromatic carbocycles. The highest BCUT2D eigenvalue weighted by Gasteiger charge is 2.33. The molecule has 1 unspecified atom stereocenters. The lowest BCUT2D eigenvalue weighted by atomic mass is 10.0. The van der Waals surface area contributed by atoms with Crippen molar-refractivity contribution >= 4 is 47.8 Å². The van der Waals surface area contributed by atoms with Crippen molar-refractivity contribution < 1.29 is 95.4 Å². The Balaban J connectivity index is 0.000000503. The molecule has 4 aromatic rings. The maximum absolute atomic E-state index is 13.0. The third kappa shape index (κ3) is 14.3. The standard InChI is InChI=1S/C32H30O13.C11H12O6/c33-12-11-23(35)22(13-20-4-8-25(37)28(40)15-20)31(42)45-29-16-19(3-9-26(29)38)1-6-21(34)17-32(43,44)30(41)10-5-18-2-7-24(36)27(39)14-18;1-11(16,17)7(10(14)15)4-6-2-3-8(12)9(13)5-6/h1-10,13-16,23,33,35-40,43-44H,11-12,17H2;2-5,12-13,16-17H,1H3,(H,14,15). The van der Waals surface area contributed by atoms with Crippen molar-refractivity contribution in [2.24, 2.45) is 0 Å². The second-order valence-electron chi connectivity index (χ2n) is 13.4. The van der Waals surface area contributed by atoms with Crippen LogP contribution in [0.15, 0.2) is 96.1 Å². The zero-order chi connectivity index (χ0) is 46.5. The van der Waals surface area contributed by atoms with Crippen LogP contribution in [-0.2, 0) is 19.2 Å². The number of rotatable bonds is 16. The van der Waals surface area contributed by atoms with Crippen molar-refractivity contribution in [3.05, 3.63) is 118 Å². The first-order chi connectivity index (χ1) is 28.9. The molecule has 0 saturated carbocycles. The first kappa shape index (κ1) is 48.8. The summed E-state index contributed by atoms with van der Waals surface area (Å²) >= 11 is 0. The van der Waals surface area contributed by atoms with Gasteiger partial charge in [0, 0.05) is 13.0 Å². The van der Waals surface area contributed by atoms with E-state index >= 15 is 0 Å². The van der Waals surface area contributed by atoms with E-state index in [-0.39, 0.29) is 51.5 Å². The average Bonchev–Trinajstić information content (AvgIpc) is 3.18. The minimum atomic E-state index is -3.07. The van der Waals surface area contributed by atoms with Crippen LogP contribution in [0, 0.1) is 0 Å². The van der Waals surface area contributed by atoms with Crippen molar-refractivity contribution in [2.45, 2.75) is 37.4 Å². The van der Waals surface area contributed by atoms with Crippen molar-refractivity contribution in [3.8, 4) is 46.0 Å². The Morgan fingerprint density at radius 1 is 0.629 bits per heavy atom. The lowest BCUT2D eigenvalue weighted by Crippen LogP contribution is -2.39. The van der Waals surface area contributed by atoms with Crippen molar-refractivity contribution in [3.63, 3.8) is 0 Å². The first-order valence-electron chi connectivity index (χ1n) is 17.8. The predicted octanol–water partition coefficient (Wildman–Crippen LogP) is 2.15. The number of ketones is 2. The number of carbonyl (C=O) groups excluding carboxylic acids is 3. The molecule has 0 bridgehead atoms. The Labute approximate surface area is 351 Å². The molecule has 1 atom stereocenters. The summed E-state index contributed by atoms with van der Waals surface area (Å²) in [5.41, 5.74) is -0.128. The van der Waals surface area contributed by atoms with Gasteiger partial charge in [-0.1, -0.05) is 36.4 Å². The second kappa shape index (κ2) is 21.1. The molecular formula is C43H42O19. The molecule has 0 spiro atoms. The molecule has 62 heavy (non-hydrogen) atoms. The van der Waals surface area contributed by atoms with Crippen molar-refractivity contribution in [1.29, 1.82) is 0 Å². The summed E-state index contributed by atoms with van der Waals surface area (Å²) in [7, 11) is 0. The third-order valence-electron chi connectivity index (χ3n) is 8.26. The molecule has 0 aliphatic rings. The number of carbonyl (C=O) groups is 4. The largest absolute Gasteiger partial charge is 0.504 e. The number of aliphatic hydroxyl groups excluding tert-OH is 2. The van der Waals surface area contributed by atoms with Crippen LogP contribution in [0.1, 0.15) is 42.0 Å². The van der Waals surface area contributed by atoms with Gasteiger partial charge in [-0.15, -0.1) is 0 Å². The summed E-state index contributed by atoms with van der Waals surface area (Å²) in [6.07, 6.45) is 3.38. The number of ether oxygens (including phenoxy) is 1. The Kier molecular flexibility index (Phi) is 16.7. The van der Waals surface area contributed by atoms with Gasteiger partial charge in [-0.3, -0.25) is 9.59 Å². The molecule has 328 valence electrons. The number of carboxylic acids is 1. The van der Waals surface area contributed by atoms with Gasteiger partial charge in [-0.25, -0.2) is 9.59 Å². The highest BCUT2D eigenvalue weighted by Crippen LogP contribution is 2.31. The molecule has 14 N–H and O–H groups in total. The smallest absolute Gasteiger partial charge is 0.342 e. The summed E-state index contributed by atoms with van der Waals surface area (Å²) in [5.74, 6) is -13.7. The van der Waals surface area contributed by atoms with E-state index in [0.29, 0.717) is 0 Å². The van der Waals surface area contributed by atoms with E-state index in [2.05, 4.69) is 0 Å². The molecule has 0 amide bonds. The van der Waals surface area contributed by atoms with E-state index in [1.165, 1.54) is 30.3 Å². The van der Waals surface area contributed by atoms with Gasteiger partial charge in [-0.2, -0.15) is 0 Å². The summed E-state index contributed by atoms with van der Waals surface area (Å²) in [6, 6.07) is 14.5. The lowest BCUT2D eigenvalue weighted by molar-refractivity contribution is -0.180. The number of allylic oxidation sites excluding steroid dienone is 1. The number of hydrogen-bond acceptors (Lipinski definition) is 18. The number of aromatic hydroxyl groups is 7. The number of esters is 1. The van der Waals surface area contributed by atoms with Crippen LogP contribution in [0.25, 0.3) is 24.3 Å². The number of hydrogen-bond donors (Lipinski definition) is 14. The summed E-state index contributed by atoms with van der Waals surface area (Å²) in [6.45, 7) is 0.424. The molecule has 0 aliphatic carbocycles. The molecule has 19 nitrogen and oxygen atoms in total. The zero-order valence-electron chi connectivity index (χ0n) is 32.4. The number of phenols is 7. The van der Waals surface area contributed by atoms with Gasteiger partial charge < -0.3 is 76.2 Å². The van der Waals surface area contributed by atoms with E-state index in [1.54, 1.807) is 0 Å².